The van der Waals surface area contributed by atoms with E-state index in [1.54, 1.807) is 0 Å². The van der Waals surface area contributed by atoms with Gasteiger partial charge in [0.25, 0.3) is 0 Å². The number of aryl methyl sites for hydroxylation is 1. The van der Waals surface area contributed by atoms with Gasteiger partial charge in [0.05, 0.1) is 5.75 Å². The monoisotopic (exact) mass is 330 g/mol. The minimum atomic E-state index is -3.34. The third kappa shape index (κ3) is 3.97. The molecule has 1 N–H and O–H groups in total. The standard InChI is InChI=1S/C17H18N2O3S/c1-13-4-2-3-5-15(13)11-23(20,21)19-9-8-14-6-7-16-17(10-14)22-12-18-16/h2-7,10,12,19H,8-9,11H2,1H3. The predicted octanol–water partition coefficient (Wildman–Crippen LogP) is 2.80. The lowest BCUT2D eigenvalue weighted by Crippen LogP contribution is -2.27. The van der Waals surface area contributed by atoms with Crippen molar-refractivity contribution in [3.05, 3.63) is 65.5 Å². The lowest BCUT2D eigenvalue weighted by atomic mass is 10.1. The largest absolute Gasteiger partial charge is 0.443 e. The molecule has 3 rings (SSSR count). The van der Waals surface area contributed by atoms with Crippen molar-refractivity contribution >= 4 is 21.1 Å². The first-order valence-corrected chi connectivity index (χ1v) is 9.03. The van der Waals surface area contributed by atoms with Crippen LogP contribution in [0.4, 0.5) is 0 Å². The Labute approximate surface area is 135 Å². The van der Waals surface area contributed by atoms with Gasteiger partial charge in [-0.1, -0.05) is 30.3 Å². The van der Waals surface area contributed by atoms with Crippen molar-refractivity contribution in [2.24, 2.45) is 0 Å². The quantitative estimate of drug-likeness (QED) is 0.754. The van der Waals surface area contributed by atoms with Crippen molar-refractivity contribution in [2.75, 3.05) is 6.54 Å². The van der Waals surface area contributed by atoms with Crippen LogP contribution in [-0.4, -0.2) is 19.9 Å². The van der Waals surface area contributed by atoms with Gasteiger partial charge in [0, 0.05) is 6.54 Å². The molecule has 1 aromatic heterocycles. The Balaban J connectivity index is 1.59. The summed E-state index contributed by atoms with van der Waals surface area (Å²) in [5, 5.41) is 0. The SMILES string of the molecule is Cc1ccccc1CS(=O)(=O)NCCc1ccc2ncoc2c1. The fourth-order valence-electron chi connectivity index (χ4n) is 2.43. The Morgan fingerprint density at radius 1 is 1.17 bits per heavy atom. The zero-order chi connectivity index (χ0) is 16.3. The van der Waals surface area contributed by atoms with E-state index >= 15 is 0 Å². The van der Waals surface area contributed by atoms with Crippen LogP contribution in [0.2, 0.25) is 0 Å². The van der Waals surface area contributed by atoms with Crippen molar-refractivity contribution in [3.8, 4) is 0 Å². The summed E-state index contributed by atoms with van der Waals surface area (Å²) >= 11 is 0. The van der Waals surface area contributed by atoms with E-state index in [4.69, 9.17) is 4.42 Å². The summed E-state index contributed by atoms with van der Waals surface area (Å²) in [5.74, 6) is 0.000806. The third-order valence-corrected chi connectivity index (χ3v) is 5.07. The van der Waals surface area contributed by atoms with Gasteiger partial charge < -0.3 is 4.42 Å². The number of sulfonamides is 1. The Morgan fingerprint density at radius 2 is 2.00 bits per heavy atom. The van der Waals surface area contributed by atoms with Gasteiger partial charge in [-0.2, -0.15) is 0 Å². The number of oxazole rings is 1. The normalized spacial score (nSPS) is 11.9. The van der Waals surface area contributed by atoms with Crippen LogP contribution in [0.5, 0.6) is 0 Å². The number of hydrogen-bond donors (Lipinski definition) is 1. The molecule has 0 unspecified atom stereocenters. The minimum absolute atomic E-state index is 0.000806. The number of nitrogens with one attached hydrogen (secondary N) is 1. The van der Waals surface area contributed by atoms with E-state index in [0.29, 0.717) is 18.5 Å². The smallest absolute Gasteiger partial charge is 0.215 e. The molecule has 1 heterocycles. The zero-order valence-corrected chi connectivity index (χ0v) is 13.6. The van der Waals surface area contributed by atoms with Crippen molar-refractivity contribution in [1.29, 1.82) is 0 Å². The molecule has 5 nitrogen and oxygen atoms in total. The molecule has 0 saturated heterocycles. The first-order chi connectivity index (χ1) is 11.0. The first-order valence-electron chi connectivity index (χ1n) is 7.37. The van der Waals surface area contributed by atoms with Crippen LogP contribution >= 0.6 is 0 Å². The van der Waals surface area contributed by atoms with Crippen LogP contribution in [0.3, 0.4) is 0 Å². The van der Waals surface area contributed by atoms with Gasteiger partial charge in [0.2, 0.25) is 10.0 Å². The van der Waals surface area contributed by atoms with Crippen LogP contribution in [0, 0.1) is 6.92 Å². The van der Waals surface area contributed by atoms with Crippen LogP contribution in [-0.2, 0) is 22.2 Å². The molecular formula is C17H18N2O3S. The number of nitrogens with zero attached hydrogens (tertiary/aromatic N) is 1. The number of hydrogen-bond acceptors (Lipinski definition) is 4. The van der Waals surface area contributed by atoms with Crippen LogP contribution in [0.15, 0.2) is 53.3 Å². The highest BCUT2D eigenvalue weighted by molar-refractivity contribution is 7.88. The Morgan fingerprint density at radius 3 is 2.83 bits per heavy atom. The molecule has 23 heavy (non-hydrogen) atoms. The van der Waals surface area contributed by atoms with Gasteiger partial charge in [0.1, 0.15) is 5.52 Å². The number of benzene rings is 2. The van der Waals surface area contributed by atoms with E-state index in [-0.39, 0.29) is 5.75 Å². The van der Waals surface area contributed by atoms with E-state index in [0.717, 1.165) is 22.2 Å². The van der Waals surface area contributed by atoms with E-state index in [9.17, 15) is 8.42 Å². The van der Waals surface area contributed by atoms with Crippen molar-refractivity contribution < 1.29 is 12.8 Å². The van der Waals surface area contributed by atoms with Gasteiger partial charge in [-0.15, -0.1) is 0 Å². The van der Waals surface area contributed by atoms with Crippen molar-refractivity contribution in [1.82, 2.24) is 9.71 Å². The molecule has 0 fully saturated rings. The second kappa shape index (κ2) is 6.52. The minimum Gasteiger partial charge on any atom is -0.443 e. The molecule has 2 aromatic carbocycles. The maximum atomic E-state index is 12.2. The van der Waals surface area contributed by atoms with E-state index < -0.39 is 10.0 Å². The Hall–Kier alpha value is -2.18. The number of fused-ring (bicyclic) bond motifs is 1. The summed E-state index contributed by atoms with van der Waals surface area (Å²) in [7, 11) is -3.34. The molecule has 0 aliphatic heterocycles. The lowest BCUT2D eigenvalue weighted by Gasteiger charge is -2.09. The van der Waals surface area contributed by atoms with Gasteiger partial charge in [-0.25, -0.2) is 18.1 Å². The molecule has 0 aliphatic carbocycles. The van der Waals surface area contributed by atoms with Crippen molar-refractivity contribution in [3.63, 3.8) is 0 Å². The molecule has 0 atom stereocenters. The fraction of sp³-hybridized carbons (Fsp3) is 0.235. The van der Waals surface area contributed by atoms with Crippen LogP contribution in [0.25, 0.3) is 11.1 Å². The molecular weight excluding hydrogens is 312 g/mol. The van der Waals surface area contributed by atoms with E-state index in [1.165, 1.54) is 6.39 Å². The maximum absolute atomic E-state index is 12.2. The average molecular weight is 330 g/mol. The van der Waals surface area contributed by atoms with E-state index in [2.05, 4.69) is 9.71 Å². The van der Waals surface area contributed by atoms with Crippen LogP contribution < -0.4 is 4.72 Å². The number of rotatable bonds is 6. The molecule has 0 aliphatic rings. The van der Waals surface area contributed by atoms with Gasteiger partial charge >= 0.3 is 0 Å². The average Bonchev–Trinajstić information content (AvgIpc) is 2.97. The molecule has 6 heteroatoms. The van der Waals surface area contributed by atoms with Crippen LogP contribution in [0.1, 0.15) is 16.7 Å². The zero-order valence-electron chi connectivity index (χ0n) is 12.8. The van der Waals surface area contributed by atoms with Gasteiger partial charge in [-0.05, 0) is 42.2 Å². The summed E-state index contributed by atoms with van der Waals surface area (Å²) in [4.78, 5) is 4.06. The second-order valence-electron chi connectivity index (χ2n) is 5.48. The summed E-state index contributed by atoms with van der Waals surface area (Å²) in [6.45, 7) is 2.27. The molecule has 0 bridgehead atoms. The molecule has 120 valence electrons. The van der Waals surface area contributed by atoms with Gasteiger partial charge in [0.15, 0.2) is 12.0 Å². The first kappa shape index (κ1) is 15.7. The Bertz CT molecular complexity index is 916. The van der Waals surface area contributed by atoms with Gasteiger partial charge in [-0.3, -0.25) is 0 Å². The lowest BCUT2D eigenvalue weighted by molar-refractivity contribution is 0.580. The highest BCUT2D eigenvalue weighted by Gasteiger charge is 2.12. The molecule has 0 amide bonds. The fourth-order valence-corrected chi connectivity index (χ4v) is 3.68. The summed E-state index contributed by atoms with van der Waals surface area (Å²) < 4.78 is 32.2. The molecule has 0 saturated carbocycles. The molecule has 0 radical (unpaired) electrons. The maximum Gasteiger partial charge on any atom is 0.215 e. The highest BCUT2D eigenvalue weighted by atomic mass is 32.2. The summed E-state index contributed by atoms with van der Waals surface area (Å²) in [6, 6.07) is 13.2. The van der Waals surface area contributed by atoms with E-state index in [1.807, 2.05) is 49.4 Å². The number of aromatic nitrogens is 1. The Kier molecular flexibility index (Phi) is 4.45. The summed E-state index contributed by atoms with van der Waals surface area (Å²) in [5.41, 5.74) is 4.32. The highest BCUT2D eigenvalue weighted by Crippen LogP contribution is 2.15. The molecule has 0 spiro atoms. The predicted molar refractivity (Wildman–Crippen MR) is 89.5 cm³/mol. The second-order valence-corrected chi connectivity index (χ2v) is 7.29. The summed E-state index contributed by atoms with van der Waals surface area (Å²) in [6.07, 6.45) is 2.00. The topological polar surface area (TPSA) is 72.2 Å². The third-order valence-electron chi connectivity index (χ3n) is 3.74. The van der Waals surface area contributed by atoms with Crippen molar-refractivity contribution in [2.45, 2.75) is 19.1 Å². The molecule has 3 aromatic rings.